The zero-order valence-corrected chi connectivity index (χ0v) is 13.2. The molecule has 0 radical (unpaired) electrons. The molecule has 0 aliphatic heterocycles. The van der Waals surface area contributed by atoms with Crippen molar-refractivity contribution in [2.75, 3.05) is 6.54 Å². The third kappa shape index (κ3) is 6.02. The number of nitrogens with zero attached hydrogens (tertiary/aromatic N) is 1. The minimum atomic E-state index is 0. The summed E-state index contributed by atoms with van der Waals surface area (Å²) in [5, 5.41) is 4.52. The van der Waals surface area contributed by atoms with Crippen molar-refractivity contribution in [1.82, 2.24) is 15.3 Å². The third-order valence-corrected chi connectivity index (χ3v) is 3.18. The van der Waals surface area contributed by atoms with Crippen molar-refractivity contribution in [3.05, 3.63) is 52.0 Å². The maximum atomic E-state index is 5.93. The van der Waals surface area contributed by atoms with Crippen molar-refractivity contribution in [1.29, 1.82) is 0 Å². The SMILES string of the molecule is Cl.Cl.Clc1ccc(CNCCc2cnc[nH]2)cc1Cl. The first-order valence-corrected chi connectivity index (χ1v) is 6.13. The second-order valence-electron chi connectivity index (χ2n) is 3.75. The Labute approximate surface area is 134 Å². The van der Waals surface area contributed by atoms with E-state index in [1.807, 2.05) is 24.4 Å². The fourth-order valence-electron chi connectivity index (χ4n) is 1.53. The molecule has 106 valence electrons. The van der Waals surface area contributed by atoms with Crippen molar-refractivity contribution in [2.24, 2.45) is 0 Å². The van der Waals surface area contributed by atoms with Crippen molar-refractivity contribution in [3.63, 3.8) is 0 Å². The van der Waals surface area contributed by atoms with Crippen LogP contribution in [0.4, 0.5) is 0 Å². The highest BCUT2D eigenvalue weighted by atomic mass is 35.5. The Morgan fingerprint density at radius 2 is 1.95 bits per heavy atom. The molecule has 3 nitrogen and oxygen atoms in total. The van der Waals surface area contributed by atoms with Gasteiger partial charge in [-0.3, -0.25) is 0 Å². The summed E-state index contributed by atoms with van der Waals surface area (Å²) in [7, 11) is 0. The first-order chi connectivity index (χ1) is 8.25. The lowest BCUT2D eigenvalue weighted by atomic mass is 10.2. The van der Waals surface area contributed by atoms with Crippen LogP contribution in [0.3, 0.4) is 0 Å². The maximum Gasteiger partial charge on any atom is 0.0921 e. The van der Waals surface area contributed by atoms with Gasteiger partial charge in [-0.2, -0.15) is 0 Å². The van der Waals surface area contributed by atoms with E-state index in [-0.39, 0.29) is 24.8 Å². The van der Waals surface area contributed by atoms with E-state index in [4.69, 9.17) is 23.2 Å². The Morgan fingerprint density at radius 3 is 2.58 bits per heavy atom. The lowest BCUT2D eigenvalue weighted by Crippen LogP contribution is -2.16. The van der Waals surface area contributed by atoms with Crippen molar-refractivity contribution < 1.29 is 0 Å². The summed E-state index contributed by atoms with van der Waals surface area (Å²) in [5.74, 6) is 0. The van der Waals surface area contributed by atoms with E-state index >= 15 is 0 Å². The minimum absolute atomic E-state index is 0. The number of aromatic amines is 1. The highest BCUT2D eigenvalue weighted by Gasteiger charge is 1.99. The fourth-order valence-corrected chi connectivity index (χ4v) is 1.85. The smallest absolute Gasteiger partial charge is 0.0921 e. The molecule has 0 fully saturated rings. The first kappa shape index (κ1) is 18.6. The molecule has 1 aromatic carbocycles. The van der Waals surface area contributed by atoms with Crippen molar-refractivity contribution >= 4 is 48.0 Å². The number of nitrogens with one attached hydrogen (secondary N) is 2. The van der Waals surface area contributed by atoms with Gasteiger partial charge in [-0.15, -0.1) is 24.8 Å². The third-order valence-electron chi connectivity index (χ3n) is 2.44. The van der Waals surface area contributed by atoms with E-state index in [9.17, 15) is 0 Å². The van der Waals surface area contributed by atoms with Crippen LogP contribution in [0.5, 0.6) is 0 Å². The van der Waals surface area contributed by atoms with E-state index in [0.717, 1.165) is 30.8 Å². The van der Waals surface area contributed by atoms with E-state index in [1.165, 1.54) is 0 Å². The van der Waals surface area contributed by atoms with Gasteiger partial charge >= 0.3 is 0 Å². The average molecular weight is 343 g/mol. The molecule has 7 heteroatoms. The number of hydrogen-bond acceptors (Lipinski definition) is 2. The van der Waals surface area contributed by atoms with Gasteiger partial charge in [0.05, 0.1) is 16.4 Å². The highest BCUT2D eigenvalue weighted by molar-refractivity contribution is 6.42. The summed E-state index contributed by atoms with van der Waals surface area (Å²) >= 11 is 11.8. The standard InChI is InChI=1S/C12H13Cl2N3.2ClH/c13-11-2-1-9(5-12(11)14)6-15-4-3-10-7-16-8-17-10;;/h1-2,5,7-8,15H,3-4,6H2,(H,16,17);2*1H. The van der Waals surface area contributed by atoms with Crippen LogP contribution >= 0.6 is 48.0 Å². The molecule has 2 rings (SSSR count). The second kappa shape index (κ2) is 9.45. The van der Waals surface area contributed by atoms with Gasteiger partial charge in [-0.05, 0) is 17.7 Å². The average Bonchev–Trinajstić information content (AvgIpc) is 2.82. The van der Waals surface area contributed by atoms with Gasteiger partial charge in [-0.25, -0.2) is 4.98 Å². The molecule has 0 amide bonds. The van der Waals surface area contributed by atoms with Crippen LogP contribution in [-0.4, -0.2) is 16.5 Å². The van der Waals surface area contributed by atoms with Crippen LogP contribution in [0.15, 0.2) is 30.7 Å². The lowest BCUT2D eigenvalue weighted by Gasteiger charge is -2.05. The zero-order valence-electron chi connectivity index (χ0n) is 10.0. The number of hydrogen-bond donors (Lipinski definition) is 2. The van der Waals surface area contributed by atoms with Gasteiger partial charge in [0, 0.05) is 31.4 Å². The molecular formula is C12H15Cl4N3. The van der Waals surface area contributed by atoms with Crippen LogP contribution < -0.4 is 5.32 Å². The van der Waals surface area contributed by atoms with Crippen molar-refractivity contribution in [2.45, 2.75) is 13.0 Å². The number of H-pyrrole nitrogens is 1. The number of imidazole rings is 1. The summed E-state index contributed by atoms with van der Waals surface area (Å²) in [6.45, 7) is 1.67. The van der Waals surface area contributed by atoms with Gasteiger partial charge in [0.25, 0.3) is 0 Å². The lowest BCUT2D eigenvalue weighted by molar-refractivity contribution is 0.681. The van der Waals surface area contributed by atoms with Crippen molar-refractivity contribution in [3.8, 4) is 0 Å². The van der Waals surface area contributed by atoms with E-state index in [2.05, 4.69) is 15.3 Å². The van der Waals surface area contributed by atoms with E-state index in [0.29, 0.717) is 10.0 Å². The van der Waals surface area contributed by atoms with E-state index in [1.54, 1.807) is 6.33 Å². The molecule has 0 atom stereocenters. The number of benzene rings is 1. The number of rotatable bonds is 5. The second-order valence-corrected chi connectivity index (χ2v) is 4.57. The molecule has 0 aliphatic rings. The molecule has 0 bridgehead atoms. The Balaban J connectivity index is 0.00000162. The minimum Gasteiger partial charge on any atom is -0.348 e. The number of halogens is 4. The summed E-state index contributed by atoms with van der Waals surface area (Å²) in [5.41, 5.74) is 2.26. The summed E-state index contributed by atoms with van der Waals surface area (Å²) in [4.78, 5) is 7.03. The Bertz CT molecular complexity index is 474. The van der Waals surface area contributed by atoms with Gasteiger partial charge in [0.15, 0.2) is 0 Å². The predicted octanol–water partition coefficient (Wildman–Crippen LogP) is 3.89. The fraction of sp³-hybridized carbons (Fsp3) is 0.250. The first-order valence-electron chi connectivity index (χ1n) is 5.37. The number of aromatic nitrogens is 2. The van der Waals surface area contributed by atoms with Gasteiger partial charge in [0.1, 0.15) is 0 Å². The topological polar surface area (TPSA) is 40.7 Å². The molecule has 0 aliphatic carbocycles. The Hall–Kier alpha value is -0.450. The maximum absolute atomic E-state index is 5.93. The van der Waals surface area contributed by atoms with Crippen LogP contribution in [0.2, 0.25) is 10.0 Å². The molecule has 0 spiro atoms. The predicted molar refractivity (Wildman–Crippen MR) is 85.0 cm³/mol. The van der Waals surface area contributed by atoms with Crippen LogP contribution in [0, 0.1) is 0 Å². The largest absolute Gasteiger partial charge is 0.348 e. The molecule has 1 heterocycles. The summed E-state index contributed by atoms with van der Waals surface area (Å²) < 4.78 is 0. The molecule has 2 aromatic rings. The quantitative estimate of drug-likeness (QED) is 0.809. The summed E-state index contributed by atoms with van der Waals surface area (Å²) in [6, 6.07) is 5.67. The van der Waals surface area contributed by atoms with Gasteiger partial charge < -0.3 is 10.3 Å². The summed E-state index contributed by atoms with van der Waals surface area (Å²) in [6.07, 6.45) is 4.45. The normalized spacial score (nSPS) is 9.58. The van der Waals surface area contributed by atoms with Crippen LogP contribution in [-0.2, 0) is 13.0 Å². The Kier molecular flexibility index (Phi) is 9.23. The zero-order chi connectivity index (χ0) is 12.1. The monoisotopic (exact) mass is 341 g/mol. The van der Waals surface area contributed by atoms with Gasteiger partial charge in [-0.1, -0.05) is 29.3 Å². The highest BCUT2D eigenvalue weighted by Crippen LogP contribution is 2.22. The Morgan fingerprint density at radius 1 is 1.16 bits per heavy atom. The molecule has 0 saturated heterocycles. The molecular weight excluding hydrogens is 328 g/mol. The van der Waals surface area contributed by atoms with Crippen LogP contribution in [0.25, 0.3) is 0 Å². The molecule has 19 heavy (non-hydrogen) atoms. The van der Waals surface area contributed by atoms with E-state index < -0.39 is 0 Å². The molecule has 1 aromatic heterocycles. The van der Waals surface area contributed by atoms with Crippen LogP contribution in [0.1, 0.15) is 11.3 Å². The molecule has 2 N–H and O–H groups in total. The van der Waals surface area contributed by atoms with Gasteiger partial charge in [0.2, 0.25) is 0 Å². The molecule has 0 unspecified atom stereocenters. The molecule has 0 saturated carbocycles.